The van der Waals surface area contributed by atoms with E-state index in [0.717, 1.165) is 11.1 Å². The molecule has 8 heteroatoms. The second kappa shape index (κ2) is 7.06. The number of nitrogens with zero attached hydrogens (tertiary/aromatic N) is 3. The van der Waals surface area contributed by atoms with Gasteiger partial charge in [-0.2, -0.15) is 4.98 Å². The molecule has 27 heavy (non-hydrogen) atoms. The Morgan fingerprint density at radius 2 is 2.00 bits per heavy atom. The van der Waals surface area contributed by atoms with Crippen LogP contribution in [0.1, 0.15) is 23.4 Å². The normalized spacial score (nSPS) is 16.1. The zero-order chi connectivity index (χ0) is 18.8. The van der Waals surface area contributed by atoms with E-state index in [2.05, 4.69) is 10.1 Å². The lowest BCUT2D eigenvalue weighted by atomic mass is 9.93. The smallest absolute Gasteiger partial charge is 0.326 e. The molecule has 0 spiro atoms. The maximum Gasteiger partial charge on any atom is 0.326 e. The summed E-state index contributed by atoms with van der Waals surface area (Å²) in [5.74, 6) is -0.155. The summed E-state index contributed by atoms with van der Waals surface area (Å²) >= 11 is 0. The van der Waals surface area contributed by atoms with Crippen molar-refractivity contribution in [3.63, 3.8) is 0 Å². The molecule has 3 heterocycles. The number of hydrogen-bond donors (Lipinski definition) is 1. The SMILES string of the molecule is O=C(O)C1Cc2ccccc2CN1C(=O)CCc1nc(-c2ccco2)no1. The van der Waals surface area contributed by atoms with E-state index >= 15 is 0 Å². The van der Waals surface area contributed by atoms with Gasteiger partial charge in [-0.05, 0) is 23.3 Å². The molecule has 0 radical (unpaired) electrons. The highest BCUT2D eigenvalue weighted by Gasteiger charge is 2.34. The maximum absolute atomic E-state index is 12.7. The van der Waals surface area contributed by atoms with Crippen LogP contribution in [-0.2, 0) is 29.0 Å². The van der Waals surface area contributed by atoms with Crippen LogP contribution in [0, 0.1) is 0 Å². The van der Waals surface area contributed by atoms with Gasteiger partial charge in [-0.15, -0.1) is 0 Å². The number of furan rings is 1. The zero-order valence-electron chi connectivity index (χ0n) is 14.4. The van der Waals surface area contributed by atoms with Crippen molar-refractivity contribution in [2.75, 3.05) is 0 Å². The Morgan fingerprint density at radius 3 is 2.74 bits per heavy atom. The summed E-state index contributed by atoms with van der Waals surface area (Å²) in [6.07, 6.45) is 2.14. The van der Waals surface area contributed by atoms with Crippen LogP contribution in [0.3, 0.4) is 0 Å². The lowest BCUT2D eigenvalue weighted by Gasteiger charge is -2.34. The Kier molecular flexibility index (Phi) is 4.45. The lowest BCUT2D eigenvalue weighted by molar-refractivity contribution is -0.151. The van der Waals surface area contributed by atoms with Crippen molar-refractivity contribution in [1.82, 2.24) is 15.0 Å². The Balaban J connectivity index is 1.45. The summed E-state index contributed by atoms with van der Waals surface area (Å²) in [5, 5.41) is 13.4. The highest BCUT2D eigenvalue weighted by Crippen LogP contribution is 2.24. The Bertz CT molecular complexity index is 963. The van der Waals surface area contributed by atoms with E-state index in [1.165, 1.54) is 11.2 Å². The monoisotopic (exact) mass is 367 g/mol. The van der Waals surface area contributed by atoms with Crippen molar-refractivity contribution in [2.24, 2.45) is 0 Å². The van der Waals surface area contributed by atoms with Crippen LogP contribution in [-0.4, -0.2) is 38.1 Å². The van der Waals surface area contributed by atoms with Crippen LogP contribution in [0.2, 0.25) is 0 Å². The molecule has 0 bridgehead atoms. The van der Waals surface area contributed by atoms with Crippen LogP contribution < -0.4 is 0 Å². The van der Waals surface area contributed by atoms with Crippen LogP contribution in [0.25, 0.3) is 11.6 Å². The highest BCUT2D eigenvalue weighted by molar-refractivity contribution is 5.84. The molecule has 0 saturated carbocycles. The molecule has 1 aliphatic heterocycles. The van der Waals surface area contributed by atoms with Gasteiger partial charge in [-0.1, -0.05) is 29.4 Å². The average Bonchev–Trinajstić information content (AvgIpc) is 3.36. The highest BCUT2D eigenvalue weighted by atomic mass is 16.5. The van der Waals surface area contributed by atoms with Gasteiger partial charge in [-0.3, -0.25) is 4.79 Å². The van der Waals surface area contributed by atoms with Gasteiger partial charge in [0, 0.05) is 25.8 Å². The number of aliphatic carboxylic acids is 1. The number of carbonyl (C=O) groups is 2. The third-order valence-electron chi connectivity index (χ3n) is 4.62. The zero-order valence-corrected chi connectivity index (χ0v) is 14.4. The topological polar surface area (TPSA) is 110 Å². The minimum Gasteiger partial charge on any atom is -0.480 e. The fourth-order valence-corrected chi connectivity index (χ4v) is 3.23. The molecule has 1 N–H and O–H groups in total. The second-order valence-corrected chi connectivity index (χ2v) is 6.34. The van der Waals surface area contributed by atoms with Gasteiger partial charge in [0.25, 0.3) is 0 Å². The third-order valence-corrected chi connectivity index (χ3v) is 4.62. The molecule has 8 nitrogen and oxygen atoms in total. The van der Waals surface area contributed by atoms with Crippen LogP contribution >= 0.6 is 0 Å². The molecule has 138 valence electrons. The first-order valence-electron chi connectivity index (χ1n) is 8.57. The molecule has 1 aromatic carbocycles. The summed E-state index contributed by atoms with van der Waals surface area (Å²) < 4.78 is 10.4. The van der Waals surface area contributed by atoms with E-state index < -0.39 is 12.0 Å². The van der Waals surface area contributed by atoms with Crippen LogP contribution in [0.5, 0.6) is 0 Å². The number of hydrogen-bond acceptors (Lipinski definition) is 6. The van der Waals surface area contributed by atoms with E-state index in [0.29, 0.717) is 23.9 Å². The van der Waals surface area contributed by atoms with Gasteiger partial charge in [0.2, 0.25) is 17.6 Å². The number of amides is 1. The maximum atomic E-state index is 12.7. The van der Waals surface area contributed by atoms with Gasteiger partial charge >= 0.3 is 5.97 Å². The van der Waals surface area contributed by atoms with Gasteiger partial charge in [0.1, 0.15) is 6.04 Å². The summed E-state index contributed by atoms with van der Waals surface area (Å²) in [4.78, 5) is 29.9. The molecule has 4 rings (SSSR count). The second-order valence-electron chi connectivity index (χ2n) is 6.34. The molecule has 1 amide bonds. The first kappa shape index (κ1) is 17.0. The fraction of sp³-hybridized carbons (Fsp3) is 0.263. The van der Waals surface area contributed by atoms with E-state index in [1.54, 1.807) is 12.1 Å². The average molecular weight is 367 g/mol. The molecular weight excluding hydrogens is 350 g/mol. The summed E-state index contributed by atoms with van der Waals surface area (Å²) in [5.41, 5.74) is 1.94. The van der Waals surface area contributed by atoms with Gasteiger partial charge in [0.05, 0.1) is 6.26 Å². The predicted octanol–water partition coefficient (Wildman–Crippen LogP) is 2.30. The molecule has 3 aromatic rings. The van der Waals surface area contributed by atoms with Crippen LogP contribution in [0.15, 0.2) is 51.6 Å². The summed E-state index contributed by atoms with van der Waals surface area (Å²) in [7, 11) is 0. The Morgan fingerprint density at radius 1 is 1.19 bits per heavy atom. The quantitative estimate of drug-likeness (QED) is 0.737. The number of aryl methyl sites for hydroxylation is 1. The first-order chi connectivity index (χ1) is 13.1. The fourth-order valence-electron chi connectivity index (χ4n) is 3.23. The molecular formula is C19H17N3O5. The molecule has 1 aliphatic rings. The minimum absolute atomic E-state index is 0.0890. The van der Waals surface area contributed by atoms with E-state index in [9.17, 15) is 14.7 Å². The first-order valence-corrected chi connectivity index (χ1v) is 8.57. The van der Waals surface area contributed by atoms with E-state index in [1.807, 2.05) is 24.3 Å². The molecule has 1 atom stereocenters. The van der Waals surface area contributed by atoms with Crippen molar-refractivity contribution in [1.29, 1.82) is 0 Å². The van der Waals surface area contributed by atoms with E-state index in [4.69, 9.17) is 8.94 Å². The molecule has 1 unspecified atom stereocenters. The number of fused-ring (bicyclic) bond motifs is 1. The number of rotatable bonds is 5. The third kappa shape index (κ3) is 3.46. The number of carbonyl (C=O) groups excluding carboxylic acids is 1. The standard InChI is InChI=1S/C19H17N3O5/c23-17(8-7-16-20-18(21-27-16)15-6-3-9-26-15)22-11-13-5-2-1-4-12(13)10-14(22)19(24)25/h1-6,9,14H,7-8,10-11H2,(H,24,25). The Hall–Kier alpha value is -3.42. The largest absolute Gasteiger partial charge is 0.480 e. The van der Waals surface area contributed by atoms with Gasteiger partial charge in [0.15, 0.2) is 5.76 Å². The number of aromatic nitrogens is 2. The minimum atomic E-state index is -1.00. The molecule has 0 saturated heterocycles. The lowest BCUT2D eigenvalue weighted by Crippen LogP contribution is -2.48. The van der Waals surface area contributed by atoms with Crippen molar-refractivity contribution in [2.45, 2.75) is 31.8 Å². The molecule has 2 aromatic heterocycles. The van der Waals surface area contributed by atoms with Crippen molar-refractivity contribution in [3.8, 4) is 11.6 Å². The molecule has 0 fully saturated rings. The van der Waals surface area contributed by atoms with E-state index in [-0.39, 0.29) is 25.3 Å². The summed E-state index contributed by atoms with van der Waals surface area (Å²) in [6.45, 7) is 0.285. The van der Waals surface area contributed by atoms with Crippen LogP contribution in [0.4, 0.5) is 0 Å². The number of carboxylic acids is 1. The summed E-state index contributed by atoms with van der Waals surface area (Å²) in [6, 6.07) is 10.1. The molecule has 0 aliphatic carbocycles. The number of carboxylic acid groups (broad SMARTS) is 1. The van der Waals surface area contributed by atoms with Crippen molar-refractivity contribution in [3.05, 3.63) is 59.7 Å². The predicted molar refractivity (Wildman–Crippen MR) is 92.4 cm³/mol. The van der Waals surface area contributed by atoms with Crippen molar-refractivity contribution >= 4 is 11.9 Å². The van der Waals surface area contributed by atoms with Crippen molar-refractivity contribution < 1.29 is 23.6 Å². The van der Waals surface area contributed by atoms with Gasteiger partial charge in [-0.25, -0.2) is 4.79 Å². The number of benzene rings is 1. The van der Waals surface area contributed by atoms with Gasteiger partial charge < -0.3 is 18.9 Å². The Labute approximate surface area is 154 Å².